The Balaban J connectivity index is 2.10. The first-order valence-electron chi connectivity index (χ1n) is 6.50. The van der Waals surface area contributed by atoms with Crippen LogP contribution in [0.25, 0.3) is 0 Å². The topological polar surface area (TPSA) is 35.5 Å². The molecule has 1 fully saturated rings. The van der Waals surface area contributed by atoms with Crippen LogP contribution < -0.4 is 0 Å². The summed E-state index contributed by atoms with van der Waals surface area (Å²) in [5, 5.41) is 0. The van der Waals surface area contributed by atoms with Gasteiger partial charge in [-0.3, -0.25) is 4.79 Å². The summed E-state index contributed by atoms with van der Waals surface area (Å²) >= 11 is 0. The monoisotopic (exact) mass is 238 g/mol. The number of carbonyl (C=O) groups is 1. The number of hydrogen-bond donors (Lipinski definition) is 0. The van der Waals surface area contributed by atoms with Crippen LogP contribution in [0, 0.1) is 0 Å². The molecule has 2 rings (SSSR count). The molecular formula is C14H22O3. The highest BCUT2D eigenvalue weighted by Gasteiger charge is 2.43. The molecule has 0 aromatic rings. The standard InChI is InChI=1S/C14H22O3/c1-13(2,3)16-12-8-7-11(15)14(17-12)9-5-4-6-10-14/h7-8,12H,4-6,9-10H2,1-3H3. The minimum Gasteiger partial charge on any atom is -0.343 e. The number of ketones is 1. The van der Waals surface area contributed by atoms with Gasteiger partial charge in [-0.25, -0.2) is 0 Å². The van der Waals surface area contributed by atoms with E-state index < -0.39 is 5.60 Å². The van der Waals surface area contributed by atoms with Crippen LogP contribution >= 0.6 is 0 Å². The molecule has 1 aliphatic carbocycles. The Morgan fingerprint density at radius 2 is 1.94 bits per heavy atom. The van der Waals surface area contributed by atoms with Crippen LogP contribution in [0.4, 0.5) is 0 Å². The minimum absolute atomic E-state index is 0.117. The van der Waals surface area contributed by atoms with E-state index in [4.69, 9.17) is 9.47 Å². The second kappa shape index (κ2) is 4.54. The van der Waals surface area contributed by atoms with E-state index in [-0.39, 0.29) is 17.7 Å². The average Bonchev–Trinajstić information content (AvgIpc) is 2.23. The summed E-state index contributed by atoms with van der Waals surface area (Å²) in [5.41, 5.74) is -0.853. The van der Waals surface area contributed by atoms with Crippen LogP contribution in [-0.4, -0.2) is 23.3 Å². The highest BCUT2D eigenvalue weighted by Crippen LogP contribution is 2.37. The predicted molar refractivity (Wildman–Crippen MR) is 65.7 cm³/mol. The Bertz CT molecular complexity index is 319. The molecule has 96 valence electrons. The van der Waals surface area contributed by atoms with Gasteiger partial charge in [-0.1, -0.05) is 19.3 Å². The lowest BCUT2D eigenvalue weighted by Crippen LogP contribution is -2.49. The van der Waals surface area contributed by atoms with Crippen molar-refractivity contribution in [3.05, 3.63) is 12.2 Å². The molecule has 3 heteroatoms. The van der Waals surface area contributed by atoms with E-state index in [1.54, 1.807) is 12.2 Å². The molecule has 0 radical (unpaired) electrons. The fraction of sp³-hybridized carbons (Fsp3) is 0.786. The second-order valence-corrected chi connectivity index (χ2v) is 5.99. The van der Waals surface area contributed by atoms with Gasteiger partial charge in [0.25, 0.3) is 0 Å². The quantitative estimate of drug-likeness (QED) is 0.704. The van der Waals surface area contributed by atoms with E-state index >= 15 is 0 Å². The maximum Gasteiger partial charge on any atom is 0.187 e. The first kappa shape index (κ1) is 12.8. The molecule has 17 heavy (non-hydrogen) atoms. The van der Waals surface area contributed by atoms with Crippen LogP contribution in [-0.2, 0) is 14.3 Å². The van der Waals surface area contributed by atoms with Crippen molar-refractivity contribution >= 4 is 5.78 Å². The maximum atomic E-state index is 12.0. The first-order chi connectivity index (χ1) is 7.91. The maximum absolute atomic E-state index is 12.0. The molecule has 0 aromatic heterocycles. The molecule has 0 N–H and O–H groups in total. The summed E-state index contributed by atoms with van der Waals surface area (Å²) in [7, 11) is 0. The third-order valence-corrected chi connectivity index (χ3v) is 3.33. The molecule has 3 nitrogen and oxygen atoms in total. The van der Waals surface area contributed by atoms with Gasteiger partial charge >= 0.3 is 0 Å². The molecular weight excluding hydrogens is 216 g/mol. The molecule has 1 atom stereocenters. The zero-order valence-corrected chi connectivity index (χ0v) is 11.0. The lowest BCUT2D eigenvalue weighted by atomic mass is 9.80. The summed E-state index contributed by atoms with van der Waals surface area (Å²) in [4.78, 5) is 12.0. The van der Waals surface area contributed by atoms with Crippen molar-refractivity contribution in [1.29, 1.82) is 0 Å². The summed E-state index contributed by atoms with van der Waals surface area (Å²) in [6, 6.07) is 0. The summed E-state index contributed by atoms with van der Waals surface area (Å²) < 4.78 is 11.7. The summed E-state index contributed by atoms with van der Waals surface area (Å²) in [5.74, 6) is 0.117. The van der Waals surface area contributed by atoms with E-state index in [1.165, 1.54) is 6.42 Å². The summed E-state index contributed by atoms with van der Waals surface area (Å²) in [6.07, 6.45) is 8.00. The average molecular weight is 238 g/mol. The van der Waals surface area contributed by atoms with E-state index in [1.807, 2.05) is 20.8 Å². The fourth-order valence-corrected chi connectivity index (χ4v) is 2.54. The normalized spacial score (nSPS) is 28.6. The van der Waals surface area contributed by atoms with Gasteiger partial charge in [0.2, 0.25) is 0 Å². The third-order valence-electron chi connectivity index (χ3n) is 3.33. The second-order valence-electron chi connectivity index (χ2n) is 5.99. The smallest absolute Gasteiger partial charge is 0.187 e. The number of rotatable bonds is 1. The molecule has 0 amide bonds. The first-order valence-corrected chi connectivity index (χ1v) is 6.50. The molecule has 1 saturated carbocycles. The SMILES string of the molecule is CC(C)(C)OC1C=CC(=O)C2(CCCCC2)O1. The van der Waals surface area contributed by atoms with Crippen molar-refractivity contribution in [2.24, 2.45) is 0 Å². The number of ether oxygens (including phenoxy) is 2. The van der Waals surface area contributed by atoms with Crippen molar-refractivity contribution in [3.63, 3.8) is 0 Å². The van der Waals surface area contributed by atoms with Crippen molar-refractivity contribution < 1.29 is 14.3 Å². The van der Waals surface area contributed by atoms with Crippen molar-refractivity contribution in [1.82, 2.24) is 0 Å². The highest BCUT2D eigenvalue weighted by molar-refractivity contribution is 5.97. The molecule has 1 heterocycles. The lowest BCUT2D eigenvalue weighted by Gasteiger charge is -2.41. The minimum atomic E-state index is -0.594. The largest absolute Gasteiger partial charge is 0.343 e. The van der Waals surface area contributed by atoms with Crippen molar-refractivity contribution in [3.8, 4) is 0 Å². The molecule has 2 aliphatic rings. The van der Waals surface area contributed by atoms with E-state index in [0.29, 0.717) is 0 Å². The van der Waals surface area contributed by atoms with E-state index in [2.05, 4.69) is 0 Å². The van der Waals surface area contributed by atoms with Gasteiger partial charge in [0.1, 0.15) is 5.60 Å². The van der Waals surface area contributed by atoms with Gasteiger partial charge in [0.05, 0.1) is 5.60 Å². The van der Waals surface area contributed by atoms with Crippen LogP contribution in [0.1, 0.15) is 52.9 Å². The van der Waals surface area contributed by atoms with Gasteiger partial charge in [-0.05, 0) is 45.8 Å². The van der Waals surface area contributed by atoms with Gasteiger partial charge < -0.3 is 9.47 Å². The Hall–Kier alpha value is -0.670. The fourth-order valence-electron chi connectivity index (χ4n) is 2.54. The van der Waals surface area contributed by atoms with Gasteiger partial charge in [0, 0.05) is 0 Å². The zero-order chi connectivity index (χ0) is 12.5. The Labute approximate surface area is 103 Å². The van der Waals surface area contributed by atoms with Gasteiger partial charge in [0.15, 0.2) is 12.1 Å². The number of carbonyl (C=O) groups excluding carboxylic acids is 1. The molecule has 1 unspecified atom stereocenters. The highest BCUT2D eigenvalue weighted by atomic mass is 16.7. The Morgan fingerprint density at radius 1 is 1.29 bits per heavy atom. The molecule has 1 spiro atoms. The van der Waals surface area contributed by atoms with Crippen LogP contribution in [0.15, 0.2) is 12.2 Å². The molecule has 0 aromatic carbocycles. The Morgan fingerprint density at radius 3 is 2.53 bits per heavy atom. The van der Waals surface area contributed by atoms with Gasteiger partial charge in [-0.15, -0.1) is 0 Å². The molecule has 0 saturated heterocycles. The van der Waals surface area contributed by atoms with Crippen molar-refractivity contribution in [2.45, 2.75) is 70.4 Å². The lowest BCUT2D eigenvalue weighted by molar-refractivity contribution is -0.230. The van der Waals surface area contributed by atoms with E-state index in [9.17, 15) is 4.79 Å². The third kappa shape index (κ3) is 2.96. The number of hydrogen-bond acceptors (Lipinski definition) is 3. The van der Waals surface area contributed by atoms with Gasteiger partial charge in [-0.2, -0.15) is 0 Å². The van der Waals surface area contributed by atoms with E-state index in [0.717, 1.165) is 25.7 Å². The Kier molecular flexibility index (Phi) is 3.41. The van der Waals surface area contributed by atoms with Crippen LogP contribution in [0.2, 0.25) is 0 Å². The van der Waals surface area contributed by atoms with Crippen molar-refractivity contribution in [2.75, 3.05) is 0 Å². The van der Waals surface area contributed by atoms with Crippen LogP contribution in [0.5, 0.6) is 0 Å². The predicted octanol–water partition coefficient (Wildman–Crippen LogP) is 2.99. The van der Waals surface area contributed by atoms with Crippen LogP contribution in [0.3, 0.4) is 0 Å². The zero-order valence-electron chi connectivity index (χ0n) is 11.0. The molecule has 0 bridgehead atoms. The molecule has 1 aliphatic heterocycles. The summed E-state index contributed by atoms with van der Waals surface area (Å²) in [6.45, 7) is 5.98.